The third-order valence-electron chi connectivity index (χ3n) is 2.65. The molecule has 5 heteroatoms. The Morgan fingerprint density at radius 2 is 1.63 bits per heavy atom. The van der Waals surface area contributed by atoms with Crippen molar-refractivity contribution in [3.05, 3.63) is 42.2 Å². The van der Waals surface area contributed by atoms with Crippen molar-refractivity contribution in [2.24, 2.45) is 0 Å². The van der Waals surface area contributed by atoms with Gasteiger partial charge >= 0.3 is 0 Å². The maximum absolute atomic E-state index is 13.2. The van der Waals surface area contributed by atoms with Gasteiger partial charge in [0.2, 0.25) is 0 Å². The molecule has 19 heavy (non-hydrogen) atoms. The fourth-order valence-corrected chi connectivity index (χ4v) is 1.67. The van der Waals surface area contributed by atoms with Crippen LogP contribution in [-0.2, 0) is 0 Å². The van der Waals surface area contributed by atoms with E-state index in [0.29, 0.717) is 28.6 Å². The zero-order valence-electron chi connectivity index (χ0n) is 10.7. The lowest BCUT2D eigenvalue weighted by Crippen LogP contribution is -1.98. The molecule has 0 saturated heterocycles. The first-order valence-electron chi connectivity index (χ1n) is 5.67. The van der Waals surface area contributed by atoms with Crippen molar-refractivity contribution in [1.82, 2.24) is 0 Å². The Morgan fingerprint density at radius 1 is 1.00 bits per heavy atom. The second-order valence-corrected chi connectivity index (χ2v) is 3.96. The molecule has 0 spiro atoms. The van der Waals surface area contributed by atoms with Crippen LogP contribution in [0.1, 0.15) is 0 Å². The summed E-state index contributed by atoms with van der Waals surface area (Å²) in [4.78, 5) is 0. The number of halogens is 1. The maximum atomic E-state index is 13.2. The van der Waals surface area contributed by atoms with Crippen molar-refractivity contribution < 1.29 is 13.9 Å². The zero-order valence-corrected chi connectivity index (χ0v) is 10.7. The van der Waals surface area contributed by atoms with Gasteiger partial charge in [0, 0.05) is 23.9 Å². The summed E-state index contributed by atoms with van der Waals surface area (Å²) in [7, 11) is 3.13. The molecule has 2 aromatic carbocycles. The number of ether oxygens (including phenoxy) is 2. The fraction of sp³-hybridized carbons (Fsp3) is 0.143. The number of nitrogen functional groups attached to an aromatic ring is 1. The molecular weight excluding hydrogens is 247 g/mol. The van der Waals surface area contributed by atoms with Crippen LogP contribution < -0.4 is 20.5 Å². The Hall–Kier alpha value is -2.43. The minimum atomic E-state index is -0.355. The van der Waals surface area contributed by atoms with Gasteiger partial charge in [-0.2, -0.15) is 0 Å². The highest BCUT2D eigenvalue weighted by atomic mass is 19.1. The number of nitrogens with two attached hydrogens (primary N) is 1. The second-order valence-electron chi connectivity index (χ2n) is 3.96. The summed E-state index contributed by atoms with van der Waals surface area (Å²) in [6.07, 6.45) is 0. The van der Waals surface area contributed by atoms with Gasteiger partial charge in [-0.1, -0.05) is 0 Å². The summed E-state index contributed by atoms with van der Waals surface area (Å²) in [5.41, 5.74) is 7.45. The van der Waals surface area contributed by atoms with Gasteiger partial charge in [-0.3, -0.25) is 0 Å². The van der Waals surface area contributed by atoms with Crippen molar-refractivity contribution in [1.29, 1.82) is 0 Å². The van der Waals surface area contributed by atoms with E-state index < -0.39 is 0 Å². The zero-order chi connectivity index (χ0) is 13.8. The van der Waals surface area contributed by atoms with Gasteiger partial charge in [-0.15, -0.1) is 0 Å². The van der Waals surface area contributed by atoms with Crippen molar-refractivity contribution in [3.63, 3.8) is 0 Å². The number of nitrogens with one attached hydrogen (secondary N) is 1. The summed E-state index contributed by atoms with van der Waals surface area (Å²) in [6.45, 7) is 0. The summed E-state index contributed by atoms with van der Waals surface area (Å²) in [5, 5.41) is 3.04. The smallest absolute Gasteiger partial charge is 0.125 e. The second kappa shape index (κ2) is 5.48. The molecule has 0 aliphatic heterocycles. The molecule has 2 aromatic rings. The van der Waals surface area contributed by atoms with Crippen molar-refractivity contribution in [3.8, 4) is 11.5 Å². The predicted octanol–water partition coefficient (Wildman–Crippen LogP) is 3.17. The monoisotopic (exact) mass is 262 g/mol. The fourth-order valence-electron chi connectivity index (χ4n) is 1.67. The molecule has 3 N–H and O–H groups in total. The highest BCUT2D eigenvalue weighted by molar-refractivity contribution is 5.73. The molecule has 0 saturated carbocycles. The Morgan fingerprint density at radius 3 is 2.21 bits per heavy atom. The normalized spacial score (nSPS) is 10.1. The first-order chi connectivity index (χ1) is 9.12. The topological polar surface area (TPSA) is 56.5 Å². The lowest BCUT2D eigenvalue weighted by atomic mass is 10.2. The quantitative estimate of drug-likeness (QED) is 0.831. The van der Waals surface area contributed by atoms with E-state index in [9.17, 15) is 4.39 Å². The molecule has 0 amide bonds. The van der Waals surface area contributed by atoms with Crippen molar-refractivity contribution >= 4 is 17.1 Å². The summed E-state index contributed by atoms with van der Waals surface area (Å²) in [5.74, 6) is 0.917. The number of anilines is 3. The molecule has 0 heterocycles. The molecule has 4 nitrogen and oxygen atoms in total. The highest BCUT2D eigenvalue weighted by Crippen LogP contribution is 2.30. The van der Waals surface area contributed by atoms with Crippen LogP contribution in [0.25, 0.3) is 0 Å². The van der Waals surface area contributed by atoms with Gasteiger partial charge in [0.05, 0.1) is 25.6 Å². The molecule has 0 atom stereocenters. The minimum absolute atomic E-state index is 0.355. The Bertz CT molecular complexity index is 565. The van der Waals surface area contributed by atoms with Gasteiger partial charge in [0.1, 0.15) is 17.3 Å². The molecule has 2 rings (SSSR count). The SMILES string of the molecule is COc1cc(Nc2cc(F)ccc2N)cc(OC)c1. The number of hydrogen-bond donors (Lipinski definition) is 2. The van der Waals surface area contributed by atoms with E-state index in [2.05, 4.69) is 5.32 Å². The van der Waals surface area contributed by atoms with Gasteiger partial charge < -0.3 is 20.5 Å². The first kappa shape index (κ1) is 13.0. The molecule has 0 bridgehead atoms. The Balaban J connectivity index is 2.34. The van der Waals surface area contributed by atoms with Crippen LogP contribution in [-0.4, -0.2) is 14.2 Å². The standard InChI is InChI=1S/C14H15FN2O2/c1-18-11-6-10(7-12(8-11)19-2)17-14-5-9(15)3-4-13(14)16/h3-8,17H,16H2,1-2H3. The van der Waals surface area contributed by atoms with Crippen LogP contribution in [0.2, 0.25) is 0 Å². The molecule has 0 aliphatic carbocycles. The lowest BCUT2D eigenvalue weighted by Gasteiger charge is -2.12. The molecule has 100 valence electrons. The third-order valence-corrected chi connectivity index (χ3v) is 2.65. The van der Waals surface area contributed by atoms with E-state index in [-0.39, 0.29) is 5.82 Å². The van der Waals surface area contributed by atoms with Crippen molar-refractivity contribution in [2.75, 3.05) is 25.3 Å². The number of hydrogen-bond acceptors (Lipinski definition) is 4. The van der Waals surface area contributed by atoms with Crippen LogP contribution in [0, 0.1) is 5.82 Å². The molecule has 0 radical (unpaired) electrons. The van der Waals surface area contributed by atoms with Gasteiger partial charge in [0.15, 0.2) is 0 Å². The average Bonchev–Trinajstić information content (AvgIpc) is 2.42. The summed E-state index contributed by atoms with van der Waals surface area (Å²) in [6, 6.07) is 9.45. The largest absolute Gasteiger partial charge is 0.497 e. The van der Waals surface area contributed by atoms with Crippen LogP contribution in [0.15, 0.2) is 36.4 Å². The van der Waals surface area contributed by atoms with Crippen LogP contribution in [0.5, 0.6) is 11.5 Å². The minimum Gasteiger partial charge on any atom is -0.497 e. The van der Waals surface area contributed by atoms with Gasteiger partial charge in [0.25, 0.3) is 0 Å². The molecular formula is C14H15FN2O2. The lowest BCUT2D eigenvalue weighted by molar-refractivity contribution is 0.395. The van der Waals surface area contributed by atoms with Crippen LogP contribution in [0.3, 0.4) is 0 Å². The molecule has 0 fully saturated rings. The van der Waals surface area contributed by atoms with E-state index in [1.165, 1.54) is 18.2 Å². The Labute approximate surface area is 111 Å². The number of rotatable bonds is 4. The van der Waals surface area contributed by atoms with Gasteiger partial charge in [-0.05, 0) is 18.2 Å². The maximum Gasteiger partial charge on any atom is 0.125 e. The molecule has 0 aliphatic rings. The van der Waals surface area contributed by atoms with E-state index in [1.54, 1.807) is 32.4 Å². The first-order valence-corrected chi connectivity index (χ1v) is 5.67. The number of methoxy groups -OCH3 is 2. The summed E-state index contributed by atoms with van der Waals surface area (Å²) >= 11 is 0. The molecule has 0 aromatic heterocycles. The third kappa shape index (κ3) is 3.07. The average molecular weight is 262 g/mol. The van der Waals surface area contributed by atoms with Crippen LogP contribution >= 0.6 is 0 Å². The summed E-state index contributed by atoms with van der Waals surface area (Å²) < 4.78 is 23.5. The number of benzene rings is 2. The Kier molecular flexibility index (Phi) is 3.75. The van der Waals surface area contributed by atoms with Crippen LogP contribution in [0.4, 0.5) is 21.5 Å². The highest BCUT2D eigenvalue weighted by Gasteiger charge is 2.05. The van der Waals surface area contributed by atoms with E-state index in [4.69, 9.17) is 15.2 Å². The van der Waals surface area contributed by atoms with Gasteiger partial charge in [-0.25, -0.2) is 4.39 Å². The van der Waals surface area contributed by atoms with E-state index in [1.807, 2.05) is 0 Å². The predicted molar refractivity (Wildman–Crippen MR) is 73.6 cm³/mol. The van der Waals surface area contributed by atoms with Crippen molar-refractivity contribution in [2.45, 2.75) is 0 Å². The van der Waals surface area contributed by atoms with E-state index in [0.717, 1.165) is 0 Å². The van der Waals surface area contributed by atoms with E-state index >= 15 is 0 Å². The molecule has 0 unspecified atom stereocenters.